The van der Waals surface area contributed by atoms with E-state index in [0.717, 1.165) is 19.3 Å². The summed E-state index contributed by atoms with van der Waals surface area (Å²) in [5, 5.41) is 15.2. The van der Waals surface area contributed by atoms with Crippen LogP contribution in [-0.2, 0) is 4.79 Å². The summed E-state index contributed by atoms with van der Waals surface area (Å²) in [6.45, 7) is 3.86. The minimum atomic E-state index is -0.318. The van der Waals surface area contributed by atoms with Crippen molar-refractivity contribution in [3.8, 4) is 0 Å². The fraction of sp³-hybridized carbons (Fsp3) is 0.375. The highest BCUT2D eigenvalue weighted by Crippen LogP contribution is 2.24. The molecule has 2 atom stereocenters. The Morgan fingerprint density at radius 2 is 2.19 bits per heavy atom. The molecule has 1 aliphatic carbocycles. The van der Waals surface area contributed by atoms with Crippen molar-refractivity contribution in [3.05, 3.63) is 42.5 Å². The maximum atomic E-state index is 12.1. The number of carbonyl (C=O) groups is 2. The molecule has 1 aromatic rings. The van der Waals surface area contributed by atoms with Gasteiger partial charge in [-0.1, -0.05) is 19.1 Å². The molecule has 0 bridgehead atoms. The molecule has 0 unspecified atom stereocenters. The van der Waals surface area contributed by atoms with Crippen LogP contribution in [-0.4, -0.2) is 29.6 Å². The molecule has 0 spiro atoms. The molecular formula is C16H20N2O3. The maximum Gasteiger partial charge on any atom is 0.251 e. The van der Waals surface area contributed by atoms with Crippen molar-refractivity contribution in [1.82, 2.24) is 5.32 Å². The molecule has 2 rings (SSSR count). The zero-order valence-electron chi connectivity index (χ0n) is 11.8. The van der Waals surface area contributed by atoms with Crippen LogP contribution in [0.3, 0.4) is 0 Å². The Bertz CT molecular complexity index is 542. The predicted molar refractivity (Wildman–Crippen MR) is 80.9 cm³/mol. The van der Waals surface area contributed by atoms with E-state index in [4.69, 9.17) is 0 Å². The third kappa shape index (κ3) is 4.16. The standard InChI is InChI=1S/C16H20N2O3/c1-2-15(20)18-13-7-3-5-11(9-13)16(21)17-10-12-6-4-8-14(12)19/h2-3,5,7,9,12,14,19H,1,4,6,8,10H2,(H,17,21)(H,18,20)/t12-,14+/m0/s1. The van der Waals surface area contributed by atoms with E-state index in [9.17, 15) is 14.7 Å². The first-order chi connectivity index (χ1) is 10.1. The quantitative estimate of drug-likeness (QED) is 0.722. The van der Waals surface area contributed by atoms with Crippen molar-refractivity contribution in [2.45, 2.75) is 25.4 Å². The lowest BCUT2D eigenvalue weighted by Gasteiger charge is -2.15. The summed E-state index contributed by atoms with van der Waals surface area (Å²) in [5.41, 5.74) is 1.03. The van der Waals surface area contributed by atoms with Crippen molar-refractivity contribution >= 4 is 17.5 Å². The Morgan fingerprint density at radius 1 is 1.38 bits per heavy atom. The third-order valence-electron chi connectivity index (χ3n) is 3.72. The smallest absolute Gasteiger partial charge is 0.251 e. The van der Waals surface area contributed by atoms with E-state index in [1.165, 1.54) is 6.08 Å². The highest BCUT2D eigenvalue weighted by Gasteiger charge is 2.25. The first-order valence-electron chi connectivity index (χ1n) is 7.10. The number of aliphatic hydroxyl groups is 1. The molecule has 0 aromatic heterocycles. The molecular weight excluding hydrogens is 268 g/mol. The lowest BCUT2D eigenvalue weighted by molar-refractivity contribution is -0.111. The van der Waals surface area contributed by atoms with Crippen molar-refractivity contribution in [2.24, 2.45) is 5.92 Å². The van der Waals surface area contributed by atoms with E-state index in [0.29, 0.717) is 17.8 Å². The zero-order chi connectivity index (χ0) is 15.2. The molecule has 0 aliphatic heterocycles. The zero-order valence-corrected chi connectivity index (χ0v) is 11.8. The topological polar surface area (TPSA) is 78.4 Å². The number of rotatable bonds is 5. The van der Waals surface area contributed by atoms with Gasteiger partial charge in [-0.3, -0.25) is 9.59 Å². The van der Waals surface area contributed by atoms with Crippen molar-refractivity contribution in [3.63, 3.8) is 0 Å². The largest absolute Gasteiger partial charge is 0.393 e. The number of hydrogen-bond donors (Lipinski definition) is 3. The van der Waals surface area contributed by atoms with E-state index in [2.05, 4.69) is 17.2 Å². The number of aliphatic hydroxyl groups excluding tert-OH is 1. The molecule has 3 N–H and O–H groups in total. The Morgan fingerprint density at radius 3 is 2.86 bits per heavy atom. The van der Waals surface area contributed by atoms with Gasteiger partial charge in [-0.25, -0.2) is 0 Å². The monoisotopic (exact) mass is 288 g/mol. The van der Waals surface area contributed by atoms with Gasteiger partial charge in [0.05, 0.1) is 6.10 Å². The second-order valence-electron chi connectivity index (χ2n) is 5.24. The van der Waals surface area contributed by atoms with E-state index in [1.807, 2.05) is 0 Å². The summed E-state index contributed by atoms with van der Waals surface area (Å²) in [7, 11) is 0. The van der Waals surface area contributed by atoms with E-state index >= 15 is 0 Å². The van der Waals surface area contributed by atoms with Crippen LogP contribution in [0.1, 0.15) is 29.6 Å². The van der Waals surface area contributed by atoms with Crippen LogP contribution < -0.4 is 10.6 Å². The molecule has 21 heavy (non-hydrogen) atoms. The number of nitrogens with one attached hydrogen (secondary N) is 2. The summed E-state index contributed by atoms with van der Waals surface area (Å²) >= 11 is 0. The fourth-order valence-corrected chi connectivity index (χ4v) is 2.51. The lowest BCUT2D eigenvalue weighted by atomic mass is 10.1. The number of amides is 2. The molecule has 5 nitrogen and oxygen atoms in total. The van der Waals surface area contributed by atoms with Crippen molar-refractivity contribution < 1.29 is 14.7 Å². The minimum absolute atomic E-state index is 0.137. The number of carbonyl (C=O) groups excluding carboxylic acids is 2. The molecule has 1 aromatic carbocycles. The van der Waals surface area contributed by atoms with Gasteiger partial charge >= 0.3 is 0 Å². The van der Waals surface area contributed by atoms with E-state index in [1.54, 1.807) is 24.3 Å². The Balaban J connectivity index is 1.94. The summed E-state index contributed by atoms with van der Waals surface area (Å²) in [4.78, 5) is 23.3. The lowest BCUT2D eigenvalue weighted by Crippen LogP contribution is -2.32. The van der Waals surface area contributed by atoms with Gasteiger partial charge in [0, 0.05) is 23.7 Å². The summed E-state index contributed by atoms with van der Waals surface area (Å²) in [6.07, 6.45) is 3.61. The van der Waals surface area contributed by atoms with E-state index in [-0.39, 0.29) is 23.8 Å². The van der Waals surface area contributed by atoms with Gasteiger partial charge in [0.1, 0.15) is 0 Å². The summed E-state index contributed by atoms with van der Waals surface area (Å²) in [5.74, 6) is -0.386. The SMILES string of the molecule is C=CC(=O)Nc1cccc(C(=O)NC[C@@H]2CCC[C@H]2O)c1. The average Bonchev–Trinajstić information content (AvgIpc) is 2.90. The highest BCUT2D eigenvalue weighted by atomic mass is 16.3. The Kier molecular flexibility index (Phi) is 5.11. The van der Waals surface area contributed by atoms with Gasteiger partial charge in [0.25, 0.3) is 5.91 Å². The van der Waals surface area contributed by atoms with Gasteiger partial charge in [-0.15, -0.1) is 0 Å². The van der Waals surface area contributed by atoms with Crippen LogP contribution in [0.25, 0.3) is 0 Å². The fourth-order valence-electron chi connectivity index (χ4n) is 2.51. The molecule has 112 valence electrons. The first kappa shape index (κ1) is 15.3. The summed E-state index contributed by atoms with van der Waals surface area (Å²) in [6, 6.07) is 6.71. The molecule has 2 amide bonds. The van der Waals surface area contributed by atoms with Crippen LogP contribution in [0.15, 0.2) is 36.9 Å². The van der Waals surface area contributed by atoms with Crippen LogP contribution >= 0.6 is 0 Å². The van der Waals surface area contributed by atoms with Crippen LogP contribution in [0.2, 0.25) is 0 Å². The second-order valence-corrected chi connectivity index (χ2v) is 5.24. The van der Waals surface area contributed by atoms with Crippen LogP contribution in [0, 0.1) is 5.92 Å². The minimum Gasteiger partial charge on any atom is -0.393 e. The van der Waals surface area contributed by atoms with Gasteiger partial charge in [0.2, 0.25) is 5.91 Å². The molecule has 0 heterocycles. The predicted octanol–water partition coefficient (Wildman–Crippen LogP) is 1.70. The number of hydrogen-bond acceptors (Lipinski definition) is 3. The van der Waals surface area contributed by atoms with Crippen molar-refractivity contribution in [1.29, 1.82) is 0 Å². The third-order valence-corrected chi connectivity index (χ3v) is 3.72. The summed E-state index contributed by atoms with van der Waals surface area (Å²) < 4.78 is 0. The molecule has 1 saturated carbocycles. The molecule has 1 aliphatic rings. The number of benzene rings is 1. The number of anilines is 1. The van der Waals surface area contributed by atoms with Crippen LogP contribution in [0.5, 0.6) is 0 Å². The van der Waals surface area contributed by atoms with Gasteiger partial charge in [-0.05, 0) is 37.1 Å². The molecule has 0 saturated heterocycles. The molecule has 1 fully saturated rings. The maximum absolute atomic E-state index is 12.1. The van der Waals surface area contributed by atoms with Gasteiger partial charge in [-0.2, -0.15) is 0 Å². The molecule has 5 heteroatoms. The highest BCUT2D eigenvalue weighted by molar-refractivity contribution is 6.00. The normalized spacial score (nSPS) is 20.8. The molecule has 0 radical (unpaired) electrons. The van der Waals surface area contributed by atoms with Gasteiger partial charge in [0.15, 0.2) is 0 Å². The Labute approximate surface area is 124 Å². The van der Waals surface area contributed by atoms with Gasteiger partial charge < -0.3 is 15.7 Å². The van der Waals surface area contributed by atoms with E-state index < -0.39 is 0 Å². The van der Waals surface area contributed by atoms with Crippen molar-refractivity contribution in [2.75, 3.05) is 11.9 Å². The Hall–Kier alpha value is -2.14. The average molecular weight is 288 g/mol. The first-order valence-corrected chi connectivity index (χ1v) is 7.10. The van der Waals surface area contributed by atoms with Crippen LogP contribution in [0.4, 0.5) is 5.69 Å². The second kappa shape index (κ2) is 7.04.